The fraction of sp³-hybridized carbons (Fsp3) is 0.667. The molecule has 2 atom stereocenters. The molecule has 21 heavy (non-hydrogen) atoms. The van der Waals surface area contributed by atoms with Crippen LogP contribution >= 0.6 is 0 Å². The van der Waals surface area contributed by atoms with E-state index in [1.807, 2.05) is 0 Å². The van der Waals surface area contributed by atoms with Gasteiger partial charge >= 0.3 is 0 Å². The molecule has 3 heteroatoms. The van der Waals surface area contributed by atoms with Gasteiger partial charge in [0.2, 0.25) is 0 Å². The lowest BCUT2D eigenvalue weighted by molar-refractivity contribution is 0.263. The summed E-state index contributed by atoms with van der Waals surface area (Å²) in [6, 6.07) is 11.5. The van der Waals surface area contributed by atoms with Crippen LogP contribution in [0.25, 0.3) is 0 Å². The second-order valence-electron chi connectivity index (χ2n) is 7.76. The van der Waals surface area contributed by atoms with Gasteiger partial charge in [-0.05, 0) is 43.1 Å². The van der Waals surface area contributed by atoms with Crippen molar-refractivity contribution in [3.63, 3.8) is 0 Å². The van der Waals surface area contributed by atoms with Crippen molar-refractivity contribution in [3.05, 3.63) is 35.9 Å². The van der Waals surface area contributed by atoms with Gasteiger partial charge in [0.1, 0.15) is 0 Å². The Labute approximate surface area is 131 Å². The second-order valence-corrected chi connectivity index (χ2v) is 12.6. The molecule has 1 aliphatic rings. The number of benzene rings is 1. The summed E-state index contributed by atoms with van der Waals surface area (Å²) < 4.78 is 6.34. The molecule has 1 heterocycles. The first-order valence-corrected chi connectivity index (χ1v) is 11.1. The van der Waals surface area contributed by atoms with E-state index in [4.69, 9.17) is 4.43 Å². The van der Waals surface area contributed by atoms with Gasteiger partial charge in [-0.2, -0.15) is 0 Å². The molecule has 0 amide bonds. The van der Waals surface area contributed by atoms with Crippen LogP contribution in [-0.2, 0) is 4.43 Å². The van der Waals surface area contributed by atoms with E-state index in [1.54, 1.807) is 0 Å². The van der Waals surface area contributed by atoms with Crippen molar-refractivity contribution in [2.75, 3.05) is 13.2 Å². The minimum Gasteiger partial charge on any atom is -0.417 e. The maximum absolute atomic E-state index is 6.34. The van der Waals surface area contributed by atoms with Gasteiger partial charge in [0.05, 0.1) is 0 Å². The first-order valence-electron chi connectivity index (χ1n) is 8.23. The summed E-state index contributed by atoms with van der Waals surface area (Å²) in [4.78, 5) is 0. The van der Waals surface area contributed by atoms with Crippen LogP contribution in [0.2, 0.25) is 18.1 Å². The van der Waals surface area contributed by atoms with Crippen LogP contribution in [0.3, 0.4) is 0 Å². The van der Waals surface area contributed by atoms with Crippen molar-refractivity contribution in [1.82, 2.24) is 5.32 Å². The van der Waals surface area contributed by atoms with Crippen LogP contribution in [-0.4, -0.2) is 27.5 Å². The van der Waals surface area contributed by atoms with Crippen LogP contribution in [0.1, 0.15) is 45.1 Å². The third kappa shape index (κ3) is 4.18. The zero-order chi connectivity index (χ0) is 15.5. The van der Waals surface area contributed by atoms with E-state index in [0.717, 1.165) is 19.6 Å². The fourth-order valence-electron chi connectivity index (χ4n) is 2.83. The van der Waals surface area contributed by atoms with Gasteiger partial charge in [0, 0.05) is 18.6 Å². The normalized spacial score (nSPS) is 23.5. The Balaban J connectivity index is 1.88. The van der Waals surface area contributed by atoms with Crippen LogP contribution in [0.5, 0.6) is 0 Å². The number of hydrogen-bond acceptors (Lipinski definition) is 2. The molecule has 0 bridgehead atoms. The Morgan fingerprint density at radius 3 is 2.48 bits per heavy atom. The van der Waals surface area contributed by atoms with Gasteiger partial charge in [-0.1, -0.05) is 51.1 Å². The summed E-state index contributed by atoms with van der Waals surface area (Å²) in [7, 11) is -1.61. The van der Waals surface area contributed by atoms with Crippen molar-refractivity contribution in [1.29, 1.82) is 0 Å². The van der Waals surface area contributed by atoms with E-state index in [1.165, 1.54) is 12.0 Å². The predicted octanol–water partition coefficient (Wildman–Crippen LogP) is 4.54. The summed E-state index contributed by atoms with van der Waals surface area (Å²) in [6.07, 6.45) is 2.36. The Hall–Kier alpha value is -0.643. The third-order valence-corrected chi connectivity index (χ3v) is 9.81. The Morgan fingerprint density at radius 2 is 1.86 bits per heavy atom. The smallest absolute Gasteiger partial charge is 0.191 e. The number of hydrogen-bond donors (Lipinski definition) is 1. The standard InChI is InChI=1S/C18H31NOSi/c1-18(2,3)21(4,5)20-14-12-17-16(11-13-19-17)15-9-7-6-8-10-15/h6-10,16-17,19H,11-14H2,1-5H3. The molecule has 118 valence electrons. The summed E-state index contributed by atoms with van der Waals surface area (Å²) >= 11 is 0. The average molecular weight is 306 g/mol. The lowest BCUT2D eigenvalue weighted by Gasteiger charge is -2.36. The monoisotopic (exact) mass is 305 g/mol. The molecule has 1 aromatic carbocycles. The third-order valence-electron chi connectivity index (χ3n) is 5.27. The van der Waals surface area contributed by atoms with Crippen LogP contribution < -0.4 is 5.32 Å². The van der Waals surface area contributed by atoms with Crippen molar-refractivity contribution in [3.8, 4) is 0 Å². The lowest BCUT2D eigenvalue weighted by atomic mass is 9.90. The van der Waals surface area contributed by atoms with Gasteiger partial charge in [0.15, 0.2) is 8.32 Å². The molecular weight excluding hydrogens is 274 g/mol. The summed E-state index contributed by atoms with van der Waals surface area (Å²) in [5.41, 5.74) is 1.47. The molecule has 1 saturated heterocycles. The molecule has 2 nitrogen and oxygen atoms in total. The molecule has 1 aliphatic heterocycles. The highest BCUT2D eigenvalue weighted by atomic mass is 28.4. The lowest BCUT2D eigenvalue weighted by Crippen LogP contribution is -2.42. The van der Waals surface area contributed by atoms with Gasteiger partial charge in [-0.25, -0.2) is 0 Å². The van der Waals surface area contributed by atoms with E-state index in [0.29, 0.717) is 17.0 Å². The minimum absolute atomic E-state index is 0.301. The summed E-state index contributed by atoms with van der Waals surface area (Å²) in [5.74, 6) is 0.647. The van der Waals surface area contributed by atoms with E-state index >= 15 is 0 Å². The summed E-state index contributed by atoms with van der Waals surface area (Å²) in [6.45, 7) is 13.6. The molecule has 1 aromatic rings. The van der Waals surface area contributed by atoms with Crippen LogP contribution in [0.15, 0.2) is 30.3 Å². The highest BCUT2D eigenvalue weighted by Gasteiger charge is 2.37. The first kappa shape index (κ1) is 16.7. The Bertz CT molecular complexity index is 438. The molecule has 0 aliphatic carbocycles. The summed E-state index contributed by atoms with van der Waals surface area (Å²) in [5, 5.41) is 3.97. The largest absolute Gasteiger partial charge is 0.417 e. The Morgan fingerprint density at radius 1 is 1.19 bits per heavy atom. The zero-order valence-electron chi connectivity index (χ0n) is 14.3. The van der Waals surface area contributed by atoms with E-state index in [-0.39, 0.29) is 0 Å². The molecule has 2 rings (SSSR count). The van der Waals surface area contributed by atoms with E-state index in [9.17, 15) is 0 Å². The van der Waals surface area contributed by atoms with Crippen molar-refractivity contribution < 1.29 is 4.43 Å². The van der Waals surface area contributed by atoms with Crippen molar-refractivity contribution >= 4 is 8.32 Å². The predicted molar refractivity (Wildman–Crippen MR) is 93.4 cm³/mol. The van der Waals surface area contributed by atoms with Crippen LogP contribution in [0.4, 0.5) is 0 Å². The first-order chi connectivity index (χ1) is 9.81. The maximum atomic E-state index is 6.34. The zero-order valence-corrected chi connectivity index (χ0v) is 15.3. The van der Waals surface area contributed by atoms with E-state index < -0.39 is 8.32 Å². The molecule has 0 spiro atoms. The number of nitrogens with one attached hydrogen (secondary N) is 1. The minimum atomic E-state index is -1.61. The second kappa shape index (κ2) is 6.63. The van der Waals surface area contributed by atoms with Gasteiger partial charge in [-0.15, -0.1) is 0 Å². The number of rotatable bonds is 5. The van der Waals surface area contributed by atoms with Crippen LogP contribution in [0, 0.1) is 0 Å². The molecule has 2 unspecified atom stereocenters. The molecule has 0 radical (unpaired) electrons. The molecule has 0 saturated carbocycles. The fourth-order valence-corrected chi connectivity index (χ4v) is 3.89. The van der Waals surface area contributed by atoms with Gasteiger partial charge in [-0.3, -0.25) is 0 Å². The quantitative estimate of drug-likeness (QED) is 0.806. The maximum Gasteiger partial charge on any atom is 0.191 e. The van der Waals surface area contributed by atoms with Gasteiger partial charge in [0.25, 0.3) is 0 Å². The van der Waals surface area contributed by atoms with Crippen molar-refractivity contribution in [2.24, 2.45) is 0 Å². The van der Waals surface area contributed by atoms with Gasteiger partial charge < -0.3 is 9.74 Å². The average Bonchev–Trinajstić information content (AvgIpc) is 2.86. The molecule has 1 fully saturated rings. The van der Waals surface area contributed by atoms with E-state index in [2.05, 4.69) is 69.5 Å². The highest BCUT2D eigenvalue weighted by molar-refractivity contribution is 6.74. The molecule has 1 N–H and O–H groups in total. The molecule has 0 aromatic heterocycles. The Kier molecular flexibility index (Phi) is 5.28. The van der Waals surface area contributed by atoms with Crippen molar-refractivity contribution in [2.45, 2.75) is 63.7 Å². The SMILES string of the molecule is CC(C)(C)[Si](C)(C)OCCC1NCCC1c1ccccc1. The highest BCUT2D eigenvalue weighted by Crippen LogP contribution is 2.37. The molecular formula is C18H31NOSi. The topological polar surface area (TPSA) is 21.3 Å².